The third-order valence-electron chi connectivity index (χ3n) is 5.28. The van der Waals surface area contributed by atoms with Gasteiger partial charge in [-0.05, 0) is 54.7 Å². The summed E-state index contributed by atoms with van der Waals surface area (Å²) in [4.78, 5) is 16.2. The average molecular weight is 417 g/mol. The van der Waals surface area contributed by atoms with Crippen LogP contribution in [0.15, 0.2) is 53.7 Å². The molecule has 8 heteroatoms. The Morgan fingerprint density at radius 3 is 2.66 bits per heavy atom. The molecule has 1 saturated carbocycles. The molecule has 2 atom stereocenters. The molecule has 0 bridgehead atoms. The number of urea groups is 1. The highest BCUT2D eigenvalue weighted by Gasteiger charge is 2.25. The third-order valence-corrected chi connectivity index (χ3v) is 6.82. The van der Waals surface area contributed by atoms with Gasteiger partial charge in [-0.25, -0.2) is 17.9 Å². The highest BCUT2D eigenvalue weighted by Crippen LogP contribution is 2.27. The summed E-state index contributed by atoms with van der Waals surface area (Å²) >= 11 is 0. The van der Waals surface area contributed by atoms with E-state index in [0.717, 1.165) is 31.2 Å². The lowest BCUT2D eigenvalue weighted by molar-refractivity contribution is 0.251. The van der Waals surface area contributed by atoms with E-state index in [1.54, 1.807) is 30.6 Å². The first-order chi connectivity index (χ1) is 14.0. The van der Waals surface area contributed by atoms with Crippen molar-refractivity contribution in [3.63, 3.8) is 0 Å². The molecule has 0 radical (unpaired) electrons. The minimum atomic E-state index is -3.57. The van der Waals surface area contributed by atoms with Crippen LogP contribution in [0.25, 0.3) is 0 Å². The van der Waals surface area contributed by atoms with E-state index in [4.69, 9.17) is 0 Å². The number of nitrogens with zero attached hydrogens (tertiary/aromatic N) is 1. The number of hydrogen-bond acceptors (Lipinski definition) is 4. The Balaban J connectivity index is 1.54. The van der Waals surface area contributed by atoms with E-state index in [1.807, 2.05) is 6.07 Å². The van der Waals surface area contributed by atoms with E-state index in [1.165, 1.54) is 18.6 Å². The number of sulfonamides is 1. The van der Waals surface area contributed by atoms with Gasteiger partial charge in [0.1, 0.15) is 0 Å². The van der Waals surface area contributed by atoms with Crippen molar-refractivity contribution >= 4 is 21.7 Å². The molecule has 29 heavy (non-hydrogen) atoms. The maximum atomic E-state index is 12.7. The number of amides is 2. The molecule has 0 saturated heterocycles. The molecule has 1 aliphatic rings. The number of anilines is 1. The Bertz CT molecular complexity index is 901. The zero-order valence-corrected chi connectivity index (χ0v) is 17.4. The van der Waals surface area contributed by atoms with Crippen molar-refractivity contribution in [1.82, 2.24) is 15.0 Å². The van der Waals surface area contributed by atoms with Crippen molar-refractivity contribution in [2.24, 2.45) is 5.92 Å². The van der Waals surface area contributed by atoms with Gasteiger partial charge < -0.3 is 10.6 Å². The minimum absolute atomic E-state index is 0.00486. The molecule has 3 N–H and O–H groups in total. The second kappa shape index (κ2) is 9.84. The van der Waals surface area contributed by atoms with Crippen LogP contribution in [0.4, 0.5) is 10.5 Å². The van der Waals surface area contributed by atoms with Crippen molar-refractivity contribution in [2.45, 2.75) is 56.5 Å². The first-order valence-electron chi connectivity index (χ1n) is 10.0. The average Bonchev–Trinajstić information content (AvgIpc) is 2.73. The highest BCUT2D eigenvalue weighted by molar-refractivity contribution is 7.89. The van der Waals surface area contributed by atoms with E-state index >= 15 is 0 Å². The van der Waals surface area contributed by atoms with Gasteiger partial charge in [-0.15, -0.1) is 0 Å². The predicted molar refractivity (Wildman–Crippen MR) is 113 cm³/mol. The van der Waals surface area contributed by atoms with Gasteiger partial charge >= 0.3 is 6.03 Å². The summed E-state index contributed by atoms with van der Waals surface area (Å²) in [5.74, 6) is 0.591. The van der Waals surface area contributed by atoms with Gasteiger partial charge in [0.25, 0.3) is 0 Å². The molecular formula is C21H28N4O3S. The topological polar surface area (TPSA) is 100 Å². The third kappa shape index (κ3) is 6.27. The van der Waals surface area contributed by atoms with E-state index < -0.39 is 10.0 Å². The fraction of sp³-hybridized carbons (Fsp3) is 0.429. The lowest BCUT2D eigenvalue weighted by atomic mass is 9.85. The van der Waals surface area contributed by atoms with E-state index in [0.29, 0.717) is 18.2 Å². The minimum Gasteiger partial charge on any atom is -0.334 e. The molecule has 1 aromatic carbocycles. The van der Waals surface area contributed by atoms with Gasteiger partial charge in [0.05, 0.1) is 4.90 Å². The number of aromatic nitrogens is 1. The molecule has 2 aromatic rings. The summed E-state index contributed by atoms with van der Waals surface area (Å²) in [7, 11) is -3.57. The quantitative estimate of drug-likeness (QED) is 0.641. The van der Waals surface area contributed by atoms with Crippen LogP contribution in [0, 0.1) is 5.92 Å². The maximum Gasteiger partial charge on any atom is 0.319 e. The molecule has 1 heterocycles. The maximum absolute atomic E-state index is 12.7. The zero-order valence-electron chi connectivity index (χ0n) is 16.6. The summed E-state index contributed by atoms with van der Waals surface area (Å²) in [5.41, 5.74) is 1.42. The Morgan fingerprint density at radius 2 is 1.97 bits per heavy atom. The fourth-order valence-corrected chi connectivity index (χ4v) is 4.92. The highest BCUT2D eigenvalue weighted by atomic mass is 32.2. The second-order valence-corrected chi connectivity index (χ2v) is 9.17. The summed E-state index contributed by atoms with van der Waals surface area (Å²) in [5, 5.41) is 5.44. The van der Waals surface area contributed by atoms with Crippen LogP contribution in [0.5, 0.6) is 0 Å². The van der Waals surface area contributed by atoms with Crippen molar-refractivity contribution in [3.05, 3.63) is 54.4 Å². The molecule has 2 amide bonds. The van der Waals surface area contributed by atoms with Crippen molar-refractivity contribution < 1.29 is 13.2 Å². The first-order valence-corrected chi connectivity index (χ1v) is 11.5. The van der Waals surface area contributed by atoms with Gasteiger partial charge in [0.2, 0.25) is 10.0 Å². The molecule has 1 fully saturated rings. The van der Waals surface area contributed by atoms with E-state index in [9.17, 15) is 13.2 Å². The van der Waals surface area contributed by atoms with Crippen LogP contribution in [-0.4, -0.2) is 25.5 Å². The number of pyridine rings is 1. The zero-order chi connectivity index (χ0) is 20.7. The van der Waals surface area contributed by atoms with Crippen LogP contribution >= 0.6 is 0 Å². The molecule has 1 aromatic heterocycles. The van der Waals surface area contributed by atoms with Crippen LogP contribution < -0.4 is 15.4 Å². The second-order valence-electron chi connectivity index (χ2n) is 7.45. The molecule has 0 spiro atoms. The SMILES string of the molecule is CCC1CCCC(NS(=O)(=O)c2ccc(NC(=O)NCc3cccnc3)cc2)C1. The van der Waals surface area contributed by atoms with Gasteiger partial charge in [0.15, 0.2) is 0 Å². The largest absolute Gasteiger partial charge is 0.334 e. The molecular weight excluding hydrogens is 388 g/mol. The van der Waals surface area contributed by atoms with Crippen LogP contribution in [0.3, 0.4) is 0 Å². The van der Waals surface area contributed by atoms with Crippen molar-refractivity contribution in [1.29, 1.82) is 0 Å². The van der Waals surface area contributed by atoms with Crippen LogP contribution in [-0.2, 0) is 16.6 Å². The summed E-state index contributed by atoms with van der Waals surface area (Å²) in [6.45, 7) is 2.51. The number of hydrogen-bond donors (Lipinski definition) is 3. The number of carbonyl (C=O) groups is 1. The number of benzene rings is 1. The summed E-state index contributed by atoms with van der Waals surface area (Å²) < 4.78 is 28.2. The monoisotopic (exact) mass is 416 g/mol. The summed E-state index contributed by atoms with van der Waals surface area (Å²) in [6.07, 6.45) is 8.45. The van der Waals surface area contributed by atoms with Gasteiger partial charge in [-0.1, -0.05) is 32.3 Å². The normalized spacial score (nSPS) is 19.5. The molecule has 156 valence electrons. The standard InChI is InChI=1S/C21H28N4O3S/c1-2-16-5-3-7-19(13-16)25-29(27,28)20-10-8-18(9-11-20)24-21(26)23-15-17-6-4-12-22-14-17/h4,6,8-12,14,16,19,25H,2-3,5,7,13,15H2,1H3,(H2,23,24,26). The lowest BCUT2D eigenvalue weighted by Crippen LogP contribution is -2.38. The molecule has 3 rings (SSSR count). The summed E-state index contributed by atoms with van der Waals surface area (Å²) in [6, 6.07) is 9.51. The van der Waals surface area contributed by atoms with Crippen molar-refractivity contribution in [3.8, 4) is 0 Å². The molecule has 0 aliphatic heterocycles. The van der Waals surface area contributed by atoms with Crippen molar-refractivity contribution in [2.75, 3.05) is 5.32 Å². The molecule has 1 aliphatic carbocycles. The lowest BCUT2D eigenvalue weighted by Gasteiger charge is -2.28. The Labute approximate surface area is 172 Å². The Hall–Kier alpha value is -2.45. The Morgan fingerprint density at radius 1 is 1.17 bits per heavy atom. The number of carbonyl (C=O) groups excluding carboxylic acids is 1. The molecule has 7 nitrogen and oxygen atoms in total. The smallest absolute Gasteiger partial charge is 0.319 e. The molecule has 2 unspecified atom stereocenters. The predicted octanol–water partition coefficient (Wildman–Crippen LogP) is 3.65. The van der Waals surface area contributed by atoms with Gasteiger partial charge in [-0.3, -0.25) is 4.98 Å². The van der Waals surface area contributed by atoms with Gasteiger partial charge in [0, 0.05) is 30.7 Å². The van der Waals surface area contributed by atoms with Crippen LogP contribution in [0.1, 0.15) is 44.6 Å². The Kier molecular flexibility index (Phi) is 7.22. The number of nitrogens with one attached hydrogen (secondary N) is 3. The number of rotatable bonds is 7. The van der Waals surface area contributed by atoms with E-state index in [2.05, 4.69) is 27.3 Å². The van der Waals surface area contributed by atoms with Crippen LogP contribution in [0.2, 0.25) is 0 Å². The van der Waals surface area contributed by atoms with E-state index in [-0.39, 0.29) is 17.0 Å². The van der Waals surface area contributed by atoms with Gasteiger partial charge in [-0.2, -0.15) is 0 Å². The fourth-order valence-electron chi connectivity index (χ4n) is 3.63. The first kappa shape index (κ1) is 21.3.